The van der Waals surface area contributed by atoms with Crippen LogP contribution in [0.1, 0.15) is 42.4 Å². The molecule has 11 nitrogen and oxygen atoms in total. The predicted molar refractivity (Wildman–Crippen MR) is 137 cm³/mol. The number of rotatable bonds is 3. The number of piperazine rings is 1. The number of amides is 2. The molecule has 37 heavy (non-hydrogen) atoms. The number of carbonyl (C=O) groups excluding carboxylic acids is 2. The second-order valence-electron chi connectivity index (χ2n) is 10.0. The van der Waals surface area contributed by atoms with Crippen molar-refractivity contribution in [3.8, 4) is 0 Å². The number of benzene rings is 1. The molecule has 1 aliphatic carbocycles. The van der Waals surface area contributed by atoms with Gasteiger partial charge in [-0.05, 0) is 67.0 Å². The van der Waals surface area contributed by atoms with E-state index in [-0.39, 0.29) is 17.7 Å². The lowest BCUT2D eigenvalue weighted by Crippen LogP contribution is -2.52. The average Bonchev–Trinajstić information content (AvgIpc) is 3.43. The molecule has 2 amide bonds. The highest BCUT2D eigenvalue weighted by molar-refractivity contribution is 6.08. The summed E-state index contributed by atoms with van der Waals surface area (Å²) < 4.78 is 7.10. The van der Waals surface area contributed by atoms with E-state index in [1.165, 1.54) is 0 Å². The summed E-state index contributed by atoms with van der Waals surface area (Å²) in [6.07, 6.45) is 8.40. The summed E-state index contributed by atoms with van der Waals surface area (Å²) in [6.45, 7) is 5.58. The fourth-order valence-electron chi connectivity index (χ4n) is 5.37. The maximum Gasteiger partial charge on any atom is 0.253 e. The Morgan fingerprint density at radius 2 is 1.78 bits per heavy atom. The Bertz CT molecular complexity index is 1280. The van der Waals surface area contributed by atoms with Crippen LogP contribution in [0, 0.1) is 5.92 Å². The van der Waals surface area contributed by atoms with Crippen LogP contribution in [-0.2, 0) is 9.53 Å². The summed E-state index contributed by atoms with van der Waals surface area (Å²) in [5.74, 6) is 1.36. The van der Waals surface area contributed by atoms with Gasteiger partial charge in [-0.2, -0.15) is 4.68 Å². The Kier molecular flexibility index (Phi) is 6.07. The number of aliphatic imine (C=N–C) groups is 1. The van der Waals surface area contributed by atoms with Gasteiger partial charge in [-0.25, -0.2) is 0 Å². The Morgan fingerprint density at radius 3 is 2.54 bits per heavy atom. The second-order valence-corrected chi connectivity index (χ2v) is 10.0. The number of amidine groups is 1. The van der Waals surface area contributed by atoms with Crippen LogP contribution < -0.4 is 5.32 Å². The Labute approximate surface area is 214 Å². The van der Waals surface area contributed by atoms with Crippen LogP contribution in [0.25, 0.3) is 5.70 Å². The molecule has 0 bridgehead atoms. The number of hydrogen-bond donors (Lipinski definition) is 1. The maximum absolute atomic E-state index is 13.1. The molecule has 1 aromatic heterocycles. The van der Waals surface area contributed by atoms with Crippen molar-refractivity contribution in [3.05, 3.63) is 53.9 Å². The van der Waals surface area contributed by atoms with Gasteiger partial charge in [0.2, 0.25) is 11.7 Å². The molecule has 192 valence electrons. The van der Waals surface area contributed by atoms with E-state index in [2.05, 4.69) is 33.8 Å². The molecular weight excluding hydrogens is 472 g/mol. The lowest BCUT2D eigenvalue weighted by molar-refractivity contribution is -0.140. The van der Waals surface area contributed by atoms with E-state index in [1.807, 2.05) is 46.2 Å². The number of anilines is 1. The standard InChI is InChI=1S/C26H30N8O3/c1-26-11-3-2-4-21(26)34-23(29-30-31-34)22(28-26)27-20-7-5-18(6-8-20)24(35)32-12-14-33(15-13-32)25(36)19-9-16-37-17-10-19/h2-8,19H,9-17H2,1H3,(H,27,28). The number of tetrazole rings is 1. The Hall–Kier alpha value is -3.86. The van der Waals surface area contributed by atoms with Crippen molar-refractivity contribution in [3.63, 3.8) is 0 Å². The number of allylic oxidation sites excluding steroid dienone is 2. The van der Waals surface area contributed by atoms with Crippen molar-refractivity contribution in [2.75, 3.05) is 44.7 Å². The molecule has 0 saturated carbocycles. The zero-order valence-electron chi connectivity index (χ0n) is 20.8. The van der Waals surface area contributed by atoms with E-state index in [0.717, 1.165) is 30.6 Å². The first kappa shape index (κ1) is 23.5. The number of fused-ring (bicyclic) bond motifs is 3. The topological polar surface area (TPSA) is 118 Å². The molecule has 3 aliphatic heterocycles. The van der Waals surface area contributed by atoms with E-state index in [0.29, 0.717) is 56.6 Å². The first-order valence-electron chi connectivity index (χ1n) is 12.8. The van der Waals surface area contributed by atoms with Gasteiger partial charge in [0.15, 0.2) is 5.84 Å². The van der Waals surface area contributed by atoms with E-state index >= 15 is 0 Å². The van der Waals surface area contributed by atoms with Crippen molar-refractivity contribution >= 4 is 29.0 Å². The van der Waals surface area contributed by atoms with E-state index in [1.54, 1.807) is 4.68 Å². The van der Waals surface area contributed by atoms with Crippen molar-refractivity contribution in [2.45, 2.75) is 31.7 Å². The third-order valence-electron chi connectivity index (χ3n) is 7.57. The lowest BCUT2D eigenvalue weighted by Gasteiger charge is -2.37. The molecule has 2 fully saturated rings. The predicted octanol–water partition coefficient (Wildman–Crippen LogP) is 1.82. The zero-order valence-corrected chi connectivity index (χ0v) is 20.8. The van der Waals surface area contributed by atoms with Gasteiger partial charge < -0.3 is 19.9 Å². The minimum Gasteiger partial charge on any atom is -0.381 e. The Morgan fingerprint density at radius 1 is 1.05 bits per heavy atom. The summed E-state index contributed by atoms with van der Waals surface area (Å²) >= 11 is 0. The van der Waals surface area contributed by atoms with Gasteiger partial charge in [-0.15, -0.1) is 5.10 Å². The van der Waals surface area contributed by atoms with Crippen LogP contribution in [0.15, 0.2) is 47.5 Å². The monoisotopic (exact) mass is 502 g/mol. The highest BCUT2D eigenvalue weighted by atomic mass is 16.5. The maximum atomic E-state index is 13.1. The smallest absolute Gasteiger partial charge is 0.253 e. The second kappa shape index (κ2) is 9.55. The van der Waals surface area contributed by atoms with Crippen LogP contribution >= 0.6 is 0 Å². The van der Waals surface area contributed by atoms with Gasteiger partial charge in [-0.3, -0.25) is 14.6 Å². The lowest BCUT2D eigenvalue weighted by atomic mass is 9.89. The number of carbonyl (C=O) groups is 2. The van der Waals surface area contributed by atoms with Crippen LogP contribution in [0.4, 0.5) is 5.69 Å². The number of nitrogens with zero attached hydrogens (tertiary/aromatic N) is 7. The summed E-state index contributed by atoms with van der Waals surface area (Å²) in [5, 5.41) is 15.5. The van der Waals surface area contributed by atoms with Crippen molar-refractivity contribution in [1.29, 1.82) is 0 Å². The minimum absolute atomic E-state index is 0.0278. The molecular formula is C26H30N8O3. The molecule has 2 saturated heterocycles. The fourth-order valence-corrected chi connectivity index (χ4v) is 5.37. The first-order valence-corrected chi connectivity index (χ1v) is 12.8. The molecule has 0 radical (unpaired) electrons. The molecule has 1 N–H and O–H groups in total. The van der Waals surface area contributed by atoms with Crippen LogP contribution in [-0.4, -0.2) is 92.6 Å². The fraction of sp³-hybridized carbons (Fsp3) is 0.462. The quantitative estimate of drug-likeness (QED) is 0.680. The molecule has 2 aromatic rings. The van der Waals surface area contributed by atoms with E-state index in [4.69, 9.17) is 9.73 Å². The van der Waals surface area contributed by atoms with Gasteiger partial charge in [-0.1, -0.05) is 12.2 Å². The SMILES string of the molecule is CC12CC=CC=C1n1nnnc1C(Nc1ccc(C(=O)N3CCN(C(=O)C4CCOCC4)CC3)cc1)=N2. The van der Waals surface area contributed by atoms with Crippen molar-refractivity contribution < 1.29 is 14.3 Å². The Balaban J connectivity index is 1.10. The van der Waals surface area contributed by atoms with Gasteiger partial charge in [0.25, 0.3) is 5.91 Å². The molecule has 1 unspecified atom stereocenters. The third-order valence-corrected chi connectivity index (χ3v) is 7.57. The zero-order chi connectivity index (χ0) is 25.4. The molecule has 6 rings (SSSR count). The molecule has 0 spiro atoms. The average molecular weight is 503 g/mol. The summed E-state index contributed by atoms with van der Waals surface area (Å²) in [7, 11) is 0. The van der Waals surface area contributed by atoms with Gasteiger partial charge in [0.05, 0.1) is 5.70 Å². The molecule has 11 heteroatoms. The van der Waals surface area contributed by atoms with Crippen molar-refractivity contribution in [1.82, 2.24) is 30.0 Å². The number of aromatic nitrogens is 4. The highest BCUT2D eigenvalue weighted by Crippen LogP contribution is 2.36. The number of hydrogen-bond acceptors (Lipinski definition) is 8. The normalized spacial score (nSPS) is 23.6. The van der Waals surface area contributed by atoms with Gasteiger partial charge >= 0.3 is 0 Å². The number of ether oxygens (including phenoxy) is 1. The summed E-state index contributed by atoms with van der Waals surface area (Å²) in [6, 6.07) is 7.35. The van der Waals surface area contributed by atoms with Gasteiger partial charge in [0.1, 0.15) is 5.54 Å². The van der Waals surface area contributed by atoms with Crippen LogP contribution in [0.2, 0.25) is 0 Å². The first-order chi connectivity index (χ1) is 18.0. The minimum atomic E-state index is -0.455. The molecule has 4 heterocycles. The van der Waals surface area contributed by atoms with E-state index < -0.39 is 5.54 Å². The van der Waals surface area contributed by atoms with E-state index in [9.17, 15) is 9.59 Å². The largest absolute Gasteiger partial charge is 0.381 e. The summed E-state index contributed by atoms with van der Waals surface area (Å²) in [4.78, 5) is 34.6. The third kappa shape index (κ3) is 4.43. The van der Waals surface area contributed by atoms with Crippen molar-refractivity contribution in [2.24, 2.45) is 10.9 Å². The molecule has 1 atom stereocenters. The molecule has 4 aliphatic rings. The molecule has 1 aromatic carbocycles. The van der Waals surface area contributed by atoms with Crippen LogP contribution in [0.5, 0.6) is 0 Å². The highest BCUT2D eigenvalue weighted by Gasteiger charge is 2.38. The van der Waals surface area contributed by atoms with Gasteiger partial charge in [0, 0.05) is 56.6 Å². The van der Waals surface area contributed by atoms with Crippen LogP contribution in [0.3, 0.4) is 0 Å². The summed E-state index contributed by atoms with van der Waals surface area (Å²) in [5.41, 5.74) is 1.89. The number of nitrogens with one attached hydrogen (secondary N) is 1.